The van der Waals surface area contributed by atoms with Crippen LogP contribution in [-0.4, -0.2) is 32.7 Å². The van der Waals surface area contributed by atoms with Gasteiger partial charge in [-0.2, -0.15) is 5.26 Å². The number of aryl methyl sites for hydroxylation is 1. The van der Waals surface area contributed by atoms with Crippen LogP contribution in [0.25, 0.3) is 4.85 Å². The minimum absolute atomic E-state index is 0.0122. The Morgan fingerprint density at radius 3 is 2.31 bits per heavy atom. The molecule has 0 unspecified atom stereocenters. The highest BCUT2D eigenvalue weighted by molar-refractivity contribution is 6.74. The number of ketones is 1. The first-order valence-electron chi connectivity index (χ1n) is 11.7. The van der Waals surface area contributed by atoms with Gasteiger partial charge in [0.15, 0.2) is 19.8 Å². The summed E-state index contributed by atoms with van der Waals surface area (Å²) in [6.07, 6.45) is 0.0768. The van der Waals surface area contributed by atoms with Crippen molar-refractivity contribution in [1.82, 2.24) is 5.32 Å². The molecule has 0 heterocycles. The van der Waals surface area contributed by atoms with Crippen molar-refractivity contribution in [1.29, 1.82) is 5.26 Å². The molecule has 184 valence electrons. The molecule has 0 saturated heterocycles. The van der Waals surface area contributed by atoms with Crippen LogP contribution in [0.3, 0.4) is 0 Å². The first kappa shape index (κ1) is 28.0. The number of carbonyl (C=O) groups excluding carboxylic acids is 2. The van der Waals surface area contributed by atoms with Crippen LogP contribution in [0.5, 0.6) is 0 Å². The van der Waals surface area contributed by atoms with Gasteiger partial charge in [0.05, 0.1) is 36.8 Å². The molecule has 0 radical (unpaired) electrons. The fraction of sp³-hybridized carbons (Fsp3) is 0.429. The van der Waals surface area contributed by atoms with Crippen molar-refractivity contribution in [2.45, 2.75) is 65.3 Å². The zero-order chi connectivity index (χ0) is 26.4. The molecule has 6 nitrogen and oxygen atoms in total. The Kier molecular flexibility index (Phi) is 9.15. The third-order valence-corrected chi connectivity index (χ3v) is 11.4. The maximum Gasteiger partial charge on any atom is 0.226 e. The fourth-order valence-corrected chi connectivity index (χ4v) is 5.00. The summed E-state index contributed by atoms with van der Waals surface area (Å²) < 4.78 is 6.56. The van der Waals surface area contributed by atoms with Gasteiger partial charge in [0.1, 0.15) is 0 Å². The lowest BCUT2D eigenvalue weighted by atomic mass is 9.92. The van der Waals surface area contributed by atoms with Gasteiger partial charge in [-0.15, -0.1) is 0 Å². The maximum atomic E-state index is 13.3. The quantitative estimate of drug-likeness (QED) is 0.267. The van der Waals surface area contributed by atoms with Crippen LogP contribution >= 0.6 is 0 Å². The fourth-order valence-electron chi connectivity index (χ4n) is 3.55. The molecule has 2 aromatic carbocycles. The largest absolute Gasteiger partial charge is 0.413 e. The molecule has 7 heteroatoms. The summed E-state index contributed by atoms with van der Waals surface area (Å²) in [5.41, 5.74) is 3.32. The molecule has 2 atom stereocenters. The second kappa shape index (κ2) is 11.4. The molecule has 0 aliphatic heterocycles. The zero-order valence-corrected chi connectivity index (χ0v) is 22.7. The van der Waals surface area contributed by atoms with Gasteiger partial charge in [0.2, 0.25) is 5.91 Å². The Balaban J connectivity index is 2.23. The average molecular weight is 490 g/mol. The average Bonchev–Trinajstić information content (AvgIpc) is 2.79. The molecule has 0 saturated carbocycles. The number of hydrogen-bond acceptors (Lipinski definition) is 4. The predicted octanol–water partition coefficient (Wildman–Crippen LogP) is 5.99. The standard InChI is InChI=1S/C28H35N3O3Si/c1-19-15-22(11-14-25(19)30-6)16-24(20(2)34-35(7,8)28(3,4)5)27(33)31-18-26(32)23-12-9-21(17-29)10-13-23/h9-15,20,24H,16,18H2,1-5,7-8H3,(H,31,33)/t20-,24-/m1/s1. The van der Waals surface area contributed by atoms with E-state index in [1.165, 1.54) is 0 Å². The van der Waals surface area contributed by atoms with Crippen LogP contribution in [0.2, 0.25) is 18.1 Å². The summed E-state index contributed by atoms with van der Waals surface area (Å²) in [4.78, 5) is 29.5. The van der Waals surface area contributed by atoms with E-state index in [2.05, 4.69) is 44.0 Å². The molecule has 2 aromatic rings. The smallest absolute Gasteiger partial charge is 0.226 e. The molecular weight excluding hydrogens is 454 g/mol. The summed E-state index contributed by atoms with van der Waals surface area (Å²) in [5.74, 6) is -0.974. The number of nitrogens with zero attached hydrogens (tertiary/aromatic N) is 2. The van der Waals surface area contributed by atoms with Crippen LogP contribution in [0, 0.1) is 30.7 Å². The molecule has 0 spiro atoms. The van der Waals surface area contributed by atoms with Gasteiger partial charge in [0, 0.05) is 5.56 Å². The molecule has 0 bridgehead atoms. The number of nitriles is 1. The molecule has 1 amide bonds. The van der Waals surface area contributed by atoms with Gasteiger partial charge in [-0.3, -0.25) is 9.59 Å². The summed E-state index contributed by atoms with van der Waals surface area (Å²) in [6, 6.07) is 14.0. The van der Waals surface area contributed by atoms with Crippen LogP contribution in [-0.2, 0) is 15.6 Å². The Labute approximate surface area is 210 Å². The summed E-state index contributed by atoms with van der Waals surface area (Å²) in [6.45, 7) is 21.7. The lowest BCUT2D eigenvalue weighted by Crippen LogP contribution is -2.48. The Morgan fingerprint density at radius 1 is 1.17 bits per heavy atom. The minimum atomic E-state index is -2.14. The monoisotopic (exact) mass is 489 g/mol. The molecular formula is C28H35N3O3Si. The SMILES string of the molecule is [C-]#[N+]c1ccc(C[C@@H](C(=O)NCC(=O)c2ccc(C#N)cc2)[C@@H](C)O[Si](C)(C)C(C)(C)C)cc1C. The predicted molar refractivity (Wildman–Crippen MR) is 141 cm³/mol. The van der Waals surface area contributed by atoms with Gasteiger partial charge in [-0.05, 0) is 61.7 Å². The van der Waals surface area contributed by atoms with Crippen molar-refractivity contribution in [2.75, 3.05) is 6.54 Å². The highest BCUT2D eigenvalue weighted by Crippen LogP contribution is 2.38. The summed E-state index contributed by atoms with van der Waals surface area (Å²) in [5, 5.41) is 11.7. The highest BCUT2D eigenvalue weighted by Gasteiger charge is 2.40. The normalized spacial score (nSPS) is 13.3. The van der Waals surface area contributed by atoms with E-state index in [4.69, 9.17) is 16.3 Å². The third-order valence-electron chi connectivity index (χ3n) is 6.79. The van der Waals surface area contributed by atoms with E-state index in [0.717, 1.165) is 11.1 Å². The lowest BCUT2D eigenvalue weighted by Gasteiger charge is -2.40. The number of carbonyl (C=O) groups is 2. The van der Waals surface area contributed by atoms with E-state index in [1.54, 1.807) is 30.3 Å². The van der Waals surface area contributed by atoms with Crippen LogP contribution in [0.1, 0.15) is 54.7 Å². The molecule has 2 rings (SSSR count). The second-order valence-corrected chi connectivity index (χ2v) is 15.2. The van der Waals surface area contributed by atoms with E-state index in [9.17, 15) is 9.59 Å². The van der Waals surface area contributed by atoms with Gasteiger partial charge in [-0.25, -0.2) is 4.85 Å². The zero-order valence-electron chi connectivity index (χ0n) is 21.7. The first-order valence-corrected chi connectivity index (χ1v) is 14.7. The van der Waals surface area contributed by atoms with Crippen molar-refractivity contribution in [3.63, 3.8) is 0 Å². The Hall–Kier alpha value is -3.26. The topological polar surface area (TPSA) is 83.5 Å². The van der Waals surface area contributed by atoms with Gasteiger partial charge >= 0.3 is 0 Å². The summed E-state index contributed by atoms with van der Waals surface area (Å²) >= 11 is 0. The number of rotatable bonds is 9. The van der Waals surface area contributed by atoms with Crippen LogP contribution < -0.4 is 5.32 Å². The highest BCUT2D eigenvalue weighted by atomic mass is 28.4. The lowest BCUT2D eigenvalue weighted by molar-refractivity contribution is -0.127. The first-order chi connectivity index (χ1) is 16.3. The number of hydrogen-bond donors (Lipinski definition) is 1. The second-order valence-electron chi connectivity index (χ2n) is 10.5. The third kappa shape index (κ3) is 7.36. The van der Waals surface area contributed by atoms with Crippen LogP contribution in [0.15, 0.2) is 42.5 Å². The number of nitrogens with one attached hydrogen (secondary N) is 1. The van der Waals surface area contributed by atoms with Crippen molar-refractivity contribution in [2.24, 2.45) is 5.92 Å². The van der Waals surface area contributed by atoms with Crippen molar-refractivity contribution >= 4 is 25.7 Å². The van der Waals surface area contributed by atoms with Crippen molar-refractivity contribution in [3.8, 4) is 6.07 Å². The number of amides is 1. The molecule has 1 N–H and O–H groups in total. The molecule has 0 aromatic heterocycles. The van der Waals surface area contributed by atoms with Gasteiger partial charge in [-0.1, -0.05) is 51.1 Å². The van der Waals surface area contributed by atoms with E-state index in [-0.39, 0.29) is 29.4 Å². The molecule has 0 fully saturated rings. The Bertz CT molecular complexity index is 1150. The number of Topliss-reactive ketones (excluding diaryl/α,β-unsaturated/α-hetero) is 1. The number of benzene rings is 2. The van der Waals surface area contributed by atoms with Crippen molar-refractivity contribution in [3.05, 3.63) is 76.1 Å². The van der Waals surface area contributed by atoms with Gasteiger partial charge in [0.25, 0.3) is 0 Å². The van der Waals surface area contributed by atoms with Crippen LogP contribution in [0.4, 0.5) is 5.69 Å². The molecule has 35 heavy (non-hydrogen) atoms. The maximum absolute atomic E-state index is 13.3. The summed E-state index contributed by atoms with van der Waals surface area (Å²) in [7, 11) is -2.14. The van der Waals surface area contributed by atoms with E-state index in [1.807, 2.05) is 32.0 Å². The molecule has 0 aliphatic rings. The van der Waals surface area contributed by atoms with E-state index in [0.29, 0.717) is 23.2 Å². The van der Waals surface area contributed by atoms with E-state index < -0.39 is 14.2 Å². The Morgan fingerprint density at radius 2 is 1.80 bits per heavy atom. The van der Waals surface area contributed by atoms with Crippen molar-refractivity contribution < 1.29 is 14.0 Å². The van der Waals surface area contributed by atoms with Gasteiger partial charge < -0.3 is 9.74 Å². The molecule has 0 aliphatic carbocycles. The minimum Gasteiger partial charge on any atom is -0.413 e. The van der Waals surface area contributed by atoms with E-state index >= 15 is 0 Å².